The van der Waals surface area contributed by atoms with E-state index in [0.717, 1.165) is 75.0 Å². The summed E-state index contributed by atoms with van der Waals surface area (Å²) in [4.78, 5) is 7.14. The fourth-order valence-electron chi connectivity index (χ4n) is 3.74. The molecule has 0 aliphatic carbocycles. The molecule has 1 heterocycles. The summed E-state index contributed by atoms with van der Waals surface area (Å²) >= 11 is 0. The molecule has 0 radical (unpaired) electrons. The average molecular weight is 407 g/mol. The van der Waals surface area contributed by atoms with Crippen molar-refractivity contribution in [3.8, 4) is 11.5 Å². The van der Waals surface area contributed by atoms with Crippen LogP contribution in [0.4, 0.5) is 5.69 Å². The van der Waals surface area contributed by atoms with Crippen LogP contribution in [0.2, 0.25) is 0 Å². The predicted octanol–water partition coefficient (Wildman–Crippen LogP) is 2.64. The molecule has 29 heavy (non-hydrogen) atoms. The van der Waals surface area contributed by atoms with Crippen LogP contribution >= 0.6 is 0 Å². The zero-order chi connectivity index (χ0) is 21.1. The maximum absolute atomic E-state index is 9.27. The van der Waals surface area contributed by atoms with Crippen molar-refractivity contribution < 1.29 is 14.6 Å². The number of ether oxygens (including phenoxy) is 2. The van der Waals surface area contributed by atoms with Crippen molar-refractivity contribution in [3.05, 3.63) is 18.2 Å². The minimum Gasteiger partial charge on any atom is -0.497 e. The summed E-state index contributed by atoms with van der Waals surface area (Å²) in [6, 6.07) is 6.32. The standard InChI is InChI=1S/C22H38N4O3/c1-5-7-17(9-11-27)15-24-22(23-6-2)25-18-8-10-26(16-18)19-12-20(28-3)14-21(13-19)29-4/h12-14,17-18,27H,5-11,15-16H2,1-4H3,(H2,23,24,25). The minimum absolute atomic E-state index is 0.228. The average Bonchev–Trinajstić information content (AvgIpc) is 3.20. The van der Waals surface area contributed by atoms with Gasteiger partial charge in [-0.05, 0) is 32.1 Å². The molecule has 0 aromatic heterocycles. The largest absolute Gasteiger partial charge is 0.497 e. The number of rotatable bonds is 11. The van der Waals surface area contributed by atoms with Gasteiger partial charge < -0.3 is 30.1 Å². The van der Waals surface area contributed by atoms with Gasteiger partial charge >= 0.3 is 0 Å². The van der Waals surface area contributed by atoms with Gasteiger partial charge in [0, 0.05) is 62.7 Å². The molecule has 2 rings (SSSR count). The second-order valence-corrected chi connectivity index (χ2v) is 7.53. The van der Waals surface area contributed by atoms with Gasteiger partial charge in [0.1, 0.15) is 11.5 Å². The first-order valence-corrected chi connectivity index (χ1v) is 10.8. The number of hydrogen-bond acceptors (Lipinski definition) is 5. The van der Waals surface area contributed by atoms with Crippen LogP contribution in [0.3, 0.4) is 0 Å². The lowest BCUT2D eigenvalue weighted by atomic mass is 10.0. The van der Waals surface area contributed by atoms with Gasteiger partial charge in [-0.3, -0.25) is 4.99 Å². The van der Waals surface area contributed by atoms with Crippen LogP contribution in [-0.2, 0) is 0 Å². The van der Waals surface area contributed by atoms with Gasteiger partial charge in [-0.1, -0.05) is 13.3 Å². The van der Waals surface area contributed by atoms with Crippen LogP contribution in [0.25, 0.3) is 0 Å². The Labute approximate surface area is 175 Å². The number of aliphatic hydroxyl groups is 1. The minimum atomic E-state index is 0.228. The Kier molecular flexibility index (Phi) is 9.91. The Bertz CT molecular complexity index is 610. The zero-order valence-electron chi connectivity index (χ0n) is 18.4. The van der Waals surface area contributed by atoms with Crippen molar-refractivity contribution in [2.24, 2.45) is 10.9 Å². The molecular formula is C22H38N4O3. The van der Waals surface area contributed by atoms with Crippen molar-refractivity contribution in [2.45, 2.75) is 45.6 Å². The summed E-state index contributed by atoms with van der Waals surface area (Å²) in [7, 11) is 3.35. The number of aliphatic imine (C=N–C) groups is 1. The molecule has 1 fully saturated rings. The van der Waals surface area contributed by atoms with Gasteiger partial charge in [0.25, 0.3) is 0 Å². The smallest absolute Gasteiger partial charge is 0.191 e. The van der Waals surface area contributed by atoms with Crippen molar-refractivity contribution in [2.75, 3.05) is 51.9 Å². The first-order chi connectivity index (χ1) is 14.1. The molecule has 1 saturated heterocycles. The van der Waals surface area contributed by atoms with E-state index in [0.29, 0.717) is 12.0 Å². The number of methoxy groups -OCH3 is 2. The van der Waals surface area contributed by atoms with E-state index in [1.165, 1.54) is 0 Å². The lowest BCUT2D eigenvalue weighted by molar-refractivity contribution is 0.253. The molecule has 164 valence electrons. The van der Waals surface area contributed by atoms with Gasteiger partial charge in [-0.2, -0.15) is 0 Å². The number of guanidine groups is 1. The number of hydrogen-bond donors (Lipinski definition) is 3. The Hall–Kier alpha value is -2.15. The molecule has 1 aliphatic rings. The van der Waals surface area contributed by atoms with Gasteiger partial charge in [-0.15, -0.1) is 0 Å². The molecule has 7 heteroatoms. The maximum atomic E-state index is 9.27. The molecule has 1 aliphatic heterocycles. The molecule has 3 N–H and O–H groups in total. The SMILES string of the molecule is CCCC(CCO)CN=C(NCC)NC1CCN(c2cc(OC)cc(OC)c2)C1. The van der Waals surface area contributed by atoms with Gasteiger partial charge in [-0.25, -0.2) is 0 Å². The molecule has 1 aromatic rings. The van der Waals surface area contributed by atoms with Crippen LogP contribution in [0.15, 0.2) is 23.2 Å². The fourth-order valence-corrected chi connectivity index (χ4v) is 3.74. The Balaban J connectivity index is 1.99. The monoisotopic (exact) mass is 406 g/mol. The number of aliphatic hydroxyl groups excluding tert-OH is 1. The highest BCUT2D eigenvalue weighted by Gasteiger charge is 2.24. The van der Waals surface area contributed by atoms with Gasteiger partial charge in [0.15, 0.2) is 5.96 Å². The Morgan fingerprint density at radius 1 is 1.21 bits per heavy atom. The van der Waals surface area contributed by atoms with E-state index in [-0.39, 0.29) is 6.61 Å². The summed E-state index contributed by atoms with van der Waals surface area (Å²) < 4.78 is 10.8. The van der Waals surface area contributed by atoms with Crippen molar-refractivity contribution in [1.29, 1.82) is 0 Å². The van der Waals surface area contributed by atoms with Crippen LogP contribution in [-0.4, -0.2) is 64.1 Å². The van der Waals surface area contributed by atoms with E-state index >= 15 is 0 Å². The molecule has 2 unspecified atom stereocenters. The van der Waals surface area contributed by atoms with Gasteiger partial charge in [0.2, 0.25) is 0 Å². The third-order valence-electron chi connectivity index (χ3n) is 5.32. The van der Waals surface area contributed by atoms with Crippen molar-refractivity contribution in [1.82, 2.24) is 10.6 Å². The molecule has 7 nitrogen and oxygen atoms in total. The van der Waals surface area contributed by atoms with Crippen molar-refractivity contribution in [3.63, 3.8) is 0 Å². The van der Waals surface area contributed by atoms with E-state index in [4.69, 9.17) is 14.5 Å². The van der Waals surface area contributed by atoms with Gasteiger partial charge in [0.05, 0.1) is 14.2 Å². The highest BCUT2D eigenvalue weighted by molar-refractivity contribution is 5.80. The third-order valence-corrected chi connectivity index (χ3v) is 5.32. The Morgan fingerprint density at radius 2 is 1.93 bits per heavy atom. The van der Waals surface area contributed by atoms with Crippen LogP contribution in [0.5, 0.6) is 11.5 Å². The number of benzene rings is 1. The summed E-state index contributed by atoms with van der Waals surface area (Å²) in [5.74, 6) is 2.90. The maximum Gasteiger partial charge on any atom is 0.191 e. The molecule has 2 atom stereocenters. The second-order valence-electron chi connectivity index (χ2n) is 7.53. The number of anilines is 1. The van der Waals surface area contributed by atoms with Crippen LogP contribution in [0, 0.1) is 5.92 Å². The first kappa shape index (κ1) is 23.1. The predicted molar refractivity (Wildman–Crippen MR) is 119 cm³/mol. The zero-order valence-corrected chi connectivity index (χ0v) is 18.4. The van der Waals surface area contributed by atoms with Crippen molar-refractivity contribution >= 4 is 11.6 Å². The second kappa shape index (κ2) is 12.4. The van der Waals surface area contributed by atoms with E-state index in [1.54, 1.807) is 14.2 Å². The van der Waals surface area contributed by atoms with Crippen LogP contribution in [0.1, 0.15) is 39.5 Å². The molecule has 0 saturated carbocycles. The summed E-state index contributed by atoms with van der Waals surface area (Å²) in [6.45, 7) is 7.93. The number of nitrogens with zero attached hydrogens (tertiary/aromatic N) is 2. The van der Waals surface area contributed by atoms with E-state index in [9.17, 15) is 5.11 Å². The normalized spacial score (nSPS) is 17.9. The Morgan fingerprint density at radius 3 is 2.52 bits per heavy atom. The fraction of sp³-hybridized carbons (Fsp3) is 0.682. The lowest BCUT2D eigenvalue weighted by Gasteiger charge is -2.22. The topological polar surface area (TPSA) is 78.4 Å². The third kappa shape index (κ3) is 7.31. The molecule has 0 bridgehead atoms. The van der Waals surface area contributed by atoms with Crippen LogP contribution < -0.4 is 25.0 Å². The first-order valence-electron chi connectivity index (χ1n) is 10.8. The molecule has 0 amide bonds. The summed E-state index contributed by atoms with van der Waals surface area (Å²) in [5.41, 5.74) is 1.11. The lowest BCUT2D eigenvalue weighted by Crippen LogP contribution is -2.44. The van der Waals surface area contributed by atoms with E-state index in [2.05, 4.69) is 41.5 Å². The highest BCUT2D eigenvalue weighted by atomic mass is 16.5. The highest BCUT2D eigenvalue weighted by Crippen LogP contribution is 2.30. The van der Waals surface area contributed by atoms with E-state index < -0.39 is 0 Å². The number of nitrogens with one attached hydrogen (secondary N) is 2. The quantitative estimate of drug-likeness (QED) is 0.387. The molecule has 1 aromatic carbocycles. The molecular weight excluding hydrogens is 368 g/mol. The molecule has 0 spiro atoms. The summed E-state index contributed by atoms with van der Waals surface area (Å²) in [6.07, 6.45) is 4.06. The summed E-state index contributed by atoms with van der Waals surface area (Å²) in [5, 5.41) is 16.2. The van der Waals surface area contributed by atoms with E-state index in [1.807, 2.05) is 6.07 Å².